The monoisotopic (exact) mass is 390 g/mol. The number of furan rings is 1. The molecule has 0 radical (unpaired) electrons. The fourth-order valence-electron chi connectivity index (χ4n) is 2.15. The Balaban J connectivity index is 1.59. The molecule has 0 atom stereocenters. The van der Waals surface area contributed by atoms with Gasteiger partial charge in [-0.2, -0.15) is 5.10 Å². The van der Waals surface area contributed by atoms with Crippen LogP contribution in [0.1, 0.15) is 21.9 Å². The summed E-state index contributed by atoms with van der Waals surface area (Å²) in [5.41, 5.74) is 0.847. The van der Waals surface area contributed by atoms with Crippen LogP contribution < -0.4 is 4.74 Å². The third kappa shape index (κ3) is 3.86. The second kappa shape index (κ2) is 7.35. The van der Waals surface area contributed by atoms with Crippen LogP contribution in [-0.4, -0.2) is 22.9 Å². The number of hydrogen-bond donors (Lipinski definition) is 0. The predicted molar refractivity (Wildman–Crippen MR) is 89.9 cm³/mol. The van der Waals surface area contributed by atoms with Crippen molar-refractivity contribution in [2.24, 2.45) is 0 Å². The van der Waals surface area contributed by atoms with Crippen LogP contribution in [0.3, 0.4) is 0 Å². The minimum absolute atomic E-state index is 0.149. The van der Waals surface area contributed by atoms with Gasteiger partial charge in [-0.05, 0) is 51.8 Å². The van der Waals surface area contributed by atoms with Gasteiger partial charge in [0.15, 0.2) is 0 Å². The first kappa shape index (κ1) is 16.3. The third-order valence-corrected chi connectivity index (χ3v) is 3.95. The van der Waals surface area contributed by atoms with Gasteiger partial charge in [0.25, 0.3) is 0 Å². The first-order chi connectivity index (χ1) is 11.7. The highest BCUT2D eigenvalue weighted by Crippen LogP contribution is 2.26. The number of benzene rings is 1. The molecule has 124 valence electrons. The van der Waals surface area contributed by atoms with Crippen LogP contribution in [-0.2, 0) is 17.9 Å². The van der Waals surface area contributed by atoms with Crippen molar-refractivity contribution in [3.63, 3.8) is 0 Å². The van der Waals surface area contributed by atoms with Crippen LogP contribution in [0.4, 0.5) is 0 Å². The molecule has 0 amide bonds. The first-order valence-corrected chi connectivity index (χ1v) is 8.00. The fourth-order valence-corrected chi connectivity index (χ4v) is 2.73. The van der Waals surface area contributed by atoms with Crippen molar-refractivity contribution in [3.05, 3.63) is 70.3 Å². The Hall–Kier alpha value is -2.54. The van der Waals surface area contributed by atoms with Crippen molar-refractivity contribution in [2.75, 3.05) is 7.11 Å². The summed E-state index contributed by atoms with van der Waals surface area (Å²) >= 11 is 3.40. The number of carbonyl (C=O) groups excluding carboxylic acids is 1. The maximum atomic E-state index is 12.1. The van der Waals surface area contributed by atoms with Crippen LogP contribution in [0.5, 0.6) is 5.75 Å². The molecule has 2 heterocycles. The van der Waals surface area contributed by atoms with E-state index in [0.717, 1.165) is 15.8 Å². The third-order valence-electron chi connectivity index (χ3n) is 3.33. The van der Waals surface area contributed by atoms with E-state index in [9.17, 15) is 4.79 Å². The number of rotatable bonds is 6. The minimum Gasteiger partial charge on any atom is -0.496 e. The minimum atomic E-state index is -0.506. The van der Waals surface area contributed by atoms with Gasteiger partial charge in [0, 0.05) is 12.4 Å². The lowest BCUT2D eigenvalue weighted by Crippen LogP contribution is -2.04. The zero-order chi connectivity index (χ0) is 16.9. The van der Waals surface area contributed by atoms with E-state index in [2.05, 4.69) is 21.0 Å². The Kier molecular flexibility index (Phi) is 5.00. The van der Waals surface area contributed by atoms with Gasteiger partial charge in [-0.1, -0.05) is 6.07 Å². The van der Waals surface area contributed by atoms with E-state index in [1.54, 1.807) is 30.1 Å². The van der Waals surface area contributed by atoms with Crippen molar-refractivity contribution < 1.29 is 18.7 Å². The molecule has 3 aromatic rings. The second-order valence-corrected chi connectivity index (χ2v) is 5.87. The summed E-state index contributed by atoms with van der Waals surface area (Å²) in [6.07, 6.45) is 3.51. The zero-order valence-corrected chi connectivity index (χ0v) is 14.5. The highest BCUT2D eigenvalue weighted by atomic mass is 79.9. The van der Waals surface area contributed by atoms with Crippen molar-refractivity contribution >= 4 is 21.9 Å². The number of halogens is 1. The van der Waals surface area contributed by atoms with E-state index in [1.807, 2.05) is 30.5 Å². The van der Waals surface area contributed by atoms with E-state index in [4.69, 9.17) is 13.9 Å². The van der Waals surface area contributed by atoms with Gasteiger partial charge in [0.1, 0.15) is 18.1 Å². The molecule has 2 aromatic heterocycles. The van der Waals surface area contributed by atoms with E-state index in [-0.39, 0.29) is 12.4 Å². The van der Waals surface area contributed by atoms with Crippen LogP contribution >= 0.6 is 15.9 Å². The molecule has 0 spiro atoms. The van der Waals surface area contributed by atoms with Gasteiger partial charge in [-0.25, -0.2) is 4.79 Å². The number of methoxy groups -OCH3 is 1. The smallest absolute Gasteiger partial charge is 0.374 e. The van der Waals surface area contributed by atoms with Crippen LogP contribution in [0, 0.1) is 0 Å². The molecule has 1 aromatic carbocycles. The first-order valence-electron chi connectivity index (χ1n) is 7.21. The highest BCUT2D eigenvalue weighted by Gasteiger charge is 2.13. The standard InChI is InChI=1S/C17H15BrN2O4/c1-22-15-5-3-12(9-14(15)18)11-23-17(21)16-6-4-13(24-16)10-20-8-2-7-19-20/h2-9H,10-11H2,1H3. The molecule has 0 aliphatic carbocycles. The summed E-state index contributed by atoms with van der Waals surface area (Å²) in [5.74, 6) is 1.02. The Morgan fingerprint density at radius 1 is 1.33 bits per heavy atom. The lowest BCUT2D eigenvalue weighted by atomic mass is 10.2. The largest absolute Gasteiger partial charge is 0.496 e. The summed E-state index contributed by atoms with van der Waals surface area (Å²) in [6, 6.07) is 10.7. The van der Waals surface area contributed by atoms with Gasteiger partial charge in [0.05, 0.1) is 18.1 Å². The van der Waals surface area contributed by atoms with Crippen molar-refractivity contribution in [1.29, 1.82) is 0 Å². The molecular formula is C17H15BrN2O4. The number of ether oxygens (including phenoxy) is 2. The zero-order valence-electron chi connectivity index (χ0n) is 12.9. The fraction of sp³-hybridized carbons (Fsp3) is 0.176. The summed E-state index contributed by atoms with van der Waals surface area (Å²) in [7, 11) is 1.59. The molecular weight excluding hydrogens is 376 g/mol. The topological polar surface area (TPSA) is 66.5 Å². The lowest BCUT2D eigenvalue weighted by molar-refractivity contribution is 0.0434. The Bertz CT molecular complexity index is 827. The lowest BCUT2D eigenvalue weighted by Gasteiger charge is -2.07. The van der Waals surface area contributed by atoms with Gasteiger partial charge in [-0.3, -0.25) is 4.68 Å². The van der Waals surface area contributed by atoms with E-state index >= 15 is 0 Å². The predicted octanol–water partition coefficient (Wildman–Crippen LogP) is 3.65. The Morgan fingerprint density at radius 3 is 2.92 bits per heavy atom. The number of carbonyl (C=O) groups is 1. The van der Waals surface area contributed by atoms with Crippen molar-refractivity contribution in [3.8, 4) is 5.75 Å². The molecule has 0 saturated carbocycles. The van der Waals surface area contributed by atoms with Gasteiger partial charge >= 0.3 is 5.97 Å². The molecule has 0 N–H and O–H groups in total. The molecule has 0 saturated heterocycles. The quantitative estimate of drug-likeness (QED) is 0.600. The maximum Gasteiger partial charge on any atom is 0.374 e. The number of nitrogens with zero attached hydrogens (tertiary/aromatic N) is 2. The summed E-state index contributed by atoms with van der Waals surface area (Å²) in [5, 5.41) is 4.09. The Labute approximate surface area is 147 Å². The van der Waals surface area contributed by atoms with Crippen LogP contribution in [0.2, 0.25) is 0 Å². The molecule has 0 fully saturated rings. The van der Waals surface area contributed by atoms with E-state index < -0.39 is 5.97 Å². The summed E-state index contributed by atoms with van der Waals surface area (Å²) < 4.78 is 18.5. The molecule has 0 aliphatic rings. The molecule has 24 heavy (non-hydrogen) atoms. The maximum absolute atomic E-state index is 12.1. The normalized spacial score (nSPS) is 10.6. The van der Waals surface area contributed by atoms with Crippen molar-refractivity contribution in [1.82, 2.24) is 9.78 Å². The number of aromatic nitrogens is 2. The summed E-state index contributed by atoms with van der Waals surface area (Å²) in [4.78, 5) is 12.1. The average molecular weight is 391 g/mol. The highest BCUT2D eigenvalue weighted by molar-refractivity contribution is 9.10. The van der Waals surface area contributed by atoms with Gasteiger partial charge in [-0.15, -0.1) is 0 Å². The molecule has 6 nitrogen and oxygen atoms in total. The Morgan fingerprint density at radius 2 is 2.21 bits per heavy atom. The van der Waals surface area contributed by atoms with Crippen LogP contribution in [0.25, 0.3) is 0 Å². The van der Waals surface area contributed by atoms with Crippen molar-refractivity contribution in [2.45, 2.75) is 13.2 Å². The van der Waals surface area contributed by atoms with E-state index in [1.165, 1.54) is 0 Å². The number of esters is 1. The molecule has 0 aliphatic heterocycles. The second-order valence-electron chi connectivity index (χ2n) is 5.01. The van der Waals surface area contributed by atoms with Gasteiger partial charge < -0.3 is 13.9 Å². The molecule has 7 heteroatoms. The number of hydrogen-bond acceptors (Lipinski definition) is 5. The molecule has 0 unspecified atom stereocenters. The summed E-state index contributed by atoms with van der Waals surface area (Å²) in [6.45, 7) is 0.613. The average Bonchev–Trinajstić information content (AvgIpc) is 3.25. The van der Waals surface area contributed by atoms with E-state index in [0.29, 0.717) is 12.3 Å². The van der Waals surface area contributed by atoms with Crippen LogP contribution in [0.15, 0.2) is 57.7 Å². The molecule has 3 rings (SSSR count). The molecule has 0 bridgehead atoms. The van der Waals surface area contributed by atoms with Gasteiger partial charge in [0.2, 0.25) is 5.76 Å². The SMILES string of the molecule is COc1ccc(COC(=O)c2ccc(Cn3cccn3)o2)cc1Br.